The van der Waals surface area contributed by atoms with E-state index in [0.29, 0.717) is 5.95 Å². The molecule has 0 fully saturated rings. The van der Waals surface area contributed by atoms with Crippen molar-refractivity contribution in [2.45, 2.75) is 27.2 Å². The zero-order valence-corrected chi connectivity index (χ0v) is 14.2. The number of hydrogen-bond donors (Lipinski definition) is 1. The van der Waals surface area contributed by atoms with Gasteiger partial charge in [0.1, 0.15) is 0 Å². The first-order chi connectivity index (χ1) is 9.04. The molecule has 0 aliphatic carbocycles. The summed E-state index contributed by atoms with van der Waals surface area (Å²) in [4.78, 5) is 8.74. The Bertz CT molecular complexity index is 594. The van der Waals surface area contributed by atoms with Gasteiger partial charge in [0.2, 0.25) is 5.95 Å². The van der Waals surface area contributed by atoms with Crippen LogP contribution in [-0.4, -0.2) is 26.3 Å². The van der Waals surface area contributed by atoms with Crippen molar-refractivity contribution in [1.82, 2.24) is 19.7 Å². The van der Waals surface area contributed by atoms with E-state index in [0.717, 1.165) is 39.1 Å². The molecular formula is C12H15Br2N5. The first-order valence-corrected chi connectivity index (χ1v) is 7.61. The predicted molar refractivity (Wildman–Crippen MR) is 82.8 cm³/mol. The predicted octanol–water partition coefficient (Wildman–Crippen LogP) is 3.63. The average molecular weight is 389 g/mol. The molecule has 102 valence electrons. The highest BCUT2D eigenvalue weighted by Crippen LogP contribution is 2.26. The van der Waals surface area contributed by atoms with Crippen LogP contribution in [0.15, 0.2) is 15.1 Å². The fourth-order valence-electron chi connectivity index (χ4n) is 1.66. The summed E-state index contributed by atoms with van der Waals surface area (Å²) in [5, 5.41) is 7.66. The van der Waals surface area contributed by atoms with Crippen LogP contribution < -0.4 is 5.32 Å². The third-order valence-electron chi connectivity index (χ3n) is 2.66. The summed E-state index contributed by atoms with van der Waals surface area (Å²) in [6, 6.07) is 0. The van der Waals surface area contributed by atoms with E-state index in [1.165, 1.54) is 0 Å². The minimum Gasteiger partial charge on any atom is -0.354 e. The van der Waals surface area contributed by atoms with Gasteiger partial charge in [0, 0.05) is 12.7 Å². The van der Waals surface area contributed by atoms with E-state index in [1.807, 2.05) is 18.5 Å². The Balaban J connectivity index is 2.45. The molecule has 0 atom stereocenters. The molecule has 2 aromatic heterocycles. The van der Waals surface area contributed by atoms with Crippen molar-refractivity contribution in [3.05, 3.63) is 26.5 Å². The molecule has 0 radical (unpaired) electrons. The molecule has 0 aliphatic heterocycles. The Morgan fingerprint density at radius 2 is 2.05 bits per heavy atom. The van der Waals surface area contributed by atoms with Gasteiger partial charge in [-0.3, -0.25) is 0 Å². The number of nitrogens with one attached hydrogen (secondary N) is 1. The van der Waals surface area contributed by atoms with E-state index in [-0.39, 0.29) is 0 Å². The first-order valence-electron chi connectivity index (χ1n) is 6.03. The summed E-state index contributed by atoms with van der Waals surface area (Å²) in [6.45, 7) is 6.91. The Morgan fingerprint density at radius 3 is 2.63 bits per heavy atom. The molecule has 2 heterocycles. The lowest BCUT2D eigenvalue weighted by atomic mass is 10.4. The summed E-state index contributed by atoms with van der Waals surface area (Å²) in [5.41, 5.74) is 1.95. The normalized spacial score (nSPS) is 10.8. The maximum atomic E-state index is 4.51. The largest absolute Gasteiger partial charge is 0.354 e. The molecule has 0 aromatic carbocycles. The Labute approximate surface area is 129 Å². The standard InChI is InChI=1S/C12H15Br2N5/c1-4-5-15-12-16-6-9(13)11(17-12)19-8(3)10(14)7(2)18-19/h6H,4-5H2,1-3H3,(H,15,16,17). The molecule has 2 aromatic rings. The van der Waals surface area contributed by atoms with Crippen molar-refractivity contribution in [2.24, 2.45) is 0 Å². The van der Waals surface area contributed by atoms with E-state index < -0.39 is 0 Å². The molecule has 0 bridgehead atoms. The van der Waals surface area contributed by atoms with Gasteiger partial charge in [-0.05, 0) is 52.1 Å². The van der Waals surface area contributed by atoms with Gasteiger partial charge >= 0.3 is 0 Å². The minimum atomic E-state index is 0.615. The molecule has 2 rings (SSSR count). The van der Waals surface area contributed by atoms with Crippen LogP contribution in [-0.2, 0) is 0 Å². The van der Waals surface area contributed by atoms with Gasteiger partial charge in [-0.2, -0.15) is 10.1 Å². The van der Waals surface area contributed by atoms with Gasteiger partial charge in [0.25, 0.3) is 0 Å². The molecule has 7 heteroatoms. The number of halogens is 2. The highest BCUT2D eigenvalue weighted by Gasteiger charge is 2.14. The Hall–Kier alpha value is -0.950. The summed E-state index contributed by atoms with van der Waals surface area (Å²) >= 11 is 7.00. The van der Waals surface area contributed by atoms with E-state index in [9.17, 15) is 0 Å². The lowest BCUT2D eigenvalue weighted by Crippen LogP contribution is -2.09. The van der Waals surface area contributed by atoms with Crippen LogP contribution in [0.4, 0.5) is 5.95 Å². The molecule has 0 saturated heterocycles. The van der Waals surface area contributed by atoms with Crippen LogP contribution in [0, 0.1) is 13.8 Å². The number of nitrogens with zero attached hydrogens (tertiary/aromatic N) is 4. The van der Waals surface area contributed by atoms with Crippen molar-refractivity contribution < 1.29 is 0 Å². The van der Waals surface area contributed by atoms with Gasteiger partial charge in [-0.1, -0.05) is 6.92 Å². The van der Waals surface area contributed by atoms with E-state index in [2.05, 4.69) is 59.2 Å². The van der Waals surface area contributed by atoms with Crippen molar-refractivity contribution >= 4 is 37.8 Å². The maximum absolute atomic E-state index is 4.51. The van der Waals surface area contributed by atoms with E-state index in [1.54, 1.807) is 6.20 Å². The zero-order chi connectivity index (χ0) is 14.0. The maximum Gasteiger partial charge on any atom is 0.224 e. The molecule has 0 spiro atoms. The number of rotatable bonds is 4. The zero-order valence-electron chi connectivity index (χ0n) is 11.0. The van der Waals surface area contributed by atoms with Crippen LogP contribution in [0.1, 0.15) is 24.7 Å². The SMILES string of the molecule is CCCNc1ncc(Br)c(-n2nc(C)c(Br)c2C)n1. The average Bonchev–Trinajstić information content (AvgIpc) is 2.65. The molecule has 5 nitrogen and oxygen atoms in total. The number of anilines is 1. The van der Waals surface area contributed by atoms with Crippen LogP contribution in [0.2, 0.25) is 0 Å². The highest BCUT2D eigenvalue weighted by atomic mass is 79.9. The van der Waals surface area contributed by atoms with Gasteiger partial charge < -0.3 is 5.32 Å². The third kappa shape index (κ3) is 2.97. The smallest absolute Gasteiger partial charge is 0.224 e. The summed E-state index contributed by atoms with van der Waals surface area (Å²) in [6.07, 6.45) is 2.77. The second-order valence-electron chi connectivity index (χ2n) is 4.19. The molecule has 1 N–H and O–H groups in total. The second-order valence-corrected chi connectivity index (χ2v) is 5.84. The molecule has 0 saturated carbocycles. The molecule has 19 heavy (non-hydrogen) atoms. The lowest BCUT2D eigenvalue weighted by Gasteiger charge is -2.08. The lowest BCUT2D eigenvalue weighted by molar-refractivity contribution is 0.794. The monoisotopic (exact) mass is 387 g/mol. The first kappa shape index (κ1) is 14.5. The Kier molecular flexibility index (Phi) is 4.57. The molecule has 0 aliphatic rings. The van der Waals surface area contributed by atoms with Crippen molar-refractivity contribution in [2.75, 3.05) is 11.9 Å². The van der Waals surface area contributed by atoms with Gasteiger partial charge in [0.05, 0.1) is 20.3 Å². The minimum absolute atomic E-state index is 0.615. The van der Waals surface area contributed by atoms with Crippen molar-refractivity contribution in [3.63, 3.8) is 0 Å². The van der Waals surface area contributed by atoms with Crippen LogP contribution in [0.5, 0.6) is 0 Å². The topological polar surface area (TPSA) is 55.6 Å². The molecule has 0 amide bonds. The summed E-state index contributed by atoms with van der Waals surface area (Å²) < 4.78 is 3.62. The Morgan fingerprint density at radius 1 is 1.32 bits per heavy atom. The van der Waals surface area contributed by atoms with Crippen molar-refractivity contribution in [1.29, 1.82) is 0 Å². The van der Waals surface area contributed by atoms with Crippen LogP contribution >= 0.6 is 31.9 Å². The number of hydrogen-bond acceptors (Lipinski definition) is 4. The third-order valence-corrected chi connectivity index (χ3v) is 4.37. The number of aromatic nitrogens is 4. The van der Waals surface area contributed by atoms with Crippen LogP contribution in [0.3, 0.4) is 0 Å². The summed E-state index contributed by atoms with van der Waals surface area (Å²) in [5.74, 6) is 1.35. The van der Waals surface area contributed by atoms with Gasteiger partial charge in [-0.15, -0.1) is 0 Å². The number of aryl methyl sites for hydroxylation is 1. The fraction of sp³-hybridized carbons (Fsp3) is 0.417. The highest BCUT2D eigenvalue weighted by molar-refractivity contribution is 9.11. The quantitative estimate of drug-likeness (QED) is 0.868. The van der Waals surface area contributed by atoms with Gasteiger partial charge in [-0.25, -0.2) is 9.67 Å². The summed E-state index contributed by atoms with van der Waals surface area (Å²) in [7, 11) is 0. The fourth-order valence-corrected chi connectivity index (χ4v) is 2.26. The van der Waals surface area contributed by atoms with Crippen LogP contribution in [0.25, 0.3) is 5.82 Å². The van der Waals surface area contributed by atoms with E-state index in [4.69, 9.17) is 0 Å². The molecule has 0 unspecified atom stereocenters. The van der Waals surface area contributed by atoms with E-state index >= 15 is 0 Å². The van der Waals surface area contributed by atoms with Crippen molar-refractivity contribution in [3.8, 4) is 5.82 Å². The second kappa shape index (κ2) is 6.00. The van der Waals surface area contributed by atoms with Gasteiger partial charge in [0.15, 0.2) is 5.82 Å². The molecular weight excluding hydrogens is 374 g/mol.